The Morgan fingerprint density at radius 1 is 1.10 bits per heavy atom. The summed E-state index contributed by atoms with van der Waals surface area (Å²) >= 11 is 12.0. The standard InChI is InChI=1S/C15H11Cl2FO2/c16-8-1-3-10(12(17)5-8)15-7-13(19)11-4-2-9(18)6-14(11)20-15/h1-6,13,15,19H,7H2/t13-,15?/m1/s1. The summed E-state index contributed by atoms with van der Waals surface area (Å²) in [6.07, 6.45) is -0.778. The summed E-state index contributed by atoms with van der Waals surface area (Å²) in [7, 11) is 0. The fourth-order valence-corrected chi connectivity index (χ4v) is 2.90. The summed E-state index contributed by atoms with van der Waals surface area (Å²) in [6.45, 7) is 0. The van der Waals surface area contributed by atoms with Gasteiger partial charge in [0.25, 0.3) is 0 Å². The van der Waals surface area contributed by atoms with Gasteiger partial charge in [-0.1, -0.05) is 29.3 Å². The molecular formula is C15H11Cl2FO2. The summed E-state index contributed by atoms with van der Waals surface area (Å²) < 4.78 is 19.0. The minimum Gasteiger partial charge on any atom is -0.485 e. The van der Waals surface area contributed by atoms with Gasteiger partial charge in [0.1, 0.15) is 17.7 Å². The Morgan fingerprint density at radius 2 is 1.85 bits per heavy atom. The zero-order valence-corrected chi connectivity index (χ0v) is 11.8. The number of halogens is 3. The predicted octanol–water partition coefficient (Wildman–Crippen LogP) is 4.69. The first-order chi connectivity index (χ1) is 9.54. The summed E-state index contributed by atoms with van der Waals surface area (Å²) in [5.74, 6) is -0.0569. The number of aliphatic hydroxyl groups is 1. The van der Waals surface area contributed by atoms with E-state index >= 15 is 0 Å². The number of hydrogen-bond donors (Lipinski definition) is 1. The number of rotatable bonds is 1. The van der Waals surface area contributed by atoms with Gasteiger partial charge in [0, 0.05) is 33.7 Å². The fraction of sp³-hybridized carbons (Fsp3) is 0.200. The van der Waals surface area contributed by atoms with Crippen molar-refractivity contribution in [3.8, 4) is 5.75 Å². The number of benzene rings is 2. The van der Waals surface area contributed by atoms with Gasteiger partial charge >= 0.3 is 0 Å². The van der Waals surface area contributed by atoms with Crippen molar-refractivity contribution in [1.29, 1.82) is 0 Å². The molecule has 1 aliphatic rings. The van der Waals surface area contributed by atoms with Crippen molar-refractivity contribution < 1.29 is 14.2 Å². The summed E-state index contributed by atoms with van der Waals surface area (Å²) in [4.78, 5) is 0. The van der Waals surface area contributed by atoms with Crippen molar-refractivity contribution in [2.75, 3.05) is 0 Å². The molecule has 1 N–H and O–H groups in total. The van der Waals surface area contributed by atoms with Crippen LogP contribution in [0.5, 0.6) is 5.75 Å². The predicted molar refractivity (Wildman–Crippen MR) is 75.8 cm³/mol. The van der Waals surface area contributed by atoms with Crippen LogP contribution in [0.1, 0.15) is 29.8 Å². The van der Waals surface area contributed by atoms with E-state index in [2.05, 4.69) is 0 Å². The van der Waals surface area contributed by atoms with Crippen molar-refractivity contribution in [2.24, 2.45) is 0 Å². The van der Waals surface area contributed by atoms with E-state index in [4.69, 9.17) is 27.9 Å². The van der Waals surface area contributed by atoms with Crippen LogP contribution in [-0.4, -0.2) is 5.11 Å². The first-order valence-electron chi connectivity index (χ1n) is 6.13. The fourth-order valence-electron chi connectivity index (χ4n) is 2.37. The molecule has 0 fully saturated rings. The third kappa shape index (κ3) is 2.49. The molecule has 104 valence electrons. The molecule has 0 amide bonds. The van der Waals surface area contributed by atoms with Gasteiger partial charge in [-0.2, -0.15) is 0 Å². The van der Waals surface area contributed by atoms with Gasteiger partial charge in [-0.25, -0.2) is 4.39 Å². The second kappa shape index (κ2) is 5.24. The van der Waals surface area contributed by atoms with E-state index in [9.17, 15) is 9.50 Å². The third-order valence-corrected chi connectivity index (χ3v) is 3.91. The van der Waals surface area contributed by atoms with Crippen LogP contribution >= 0.6 is 23.2 Å². The lowest BCUT2D eigenvalue weighted by atomic mass is 9.95. The third-order valence-electron chi connectivity index (χ3n) is 3.35. The van der Waals surface area contributed by atoms with Crippen molar-refractivity contribution in [3.05, 3.63) is 63.4 Å². The zero-order chi connectivity index (χ0) is 14.3. The number of aliphatic hydroxyl groups excluding tert-OH is 1. The van der Waals surface area contributed by atoms with Crippen LogP contribution in [0, 0.1) is 5.82 Å². The summed E-state index contributed by atoms with van der Waals surface area (Å²) in [5, 5.41) is 11.2. The second-order valence-electron chi connectivity index (χ2n) is 4.71. The van der Waals surface area contributed by atoms with E-state index < -0.39 is 18.0 Å². The maximum absolute atomic E-state index is 13.3. The highest BCUT2D eigenvalue weighted by Gasteiger charge is 2.29. The van der Waals surface area contributed by atoms with E-state index in [-0.39, 0.29) is 0 Å². The summed E-state index contributed by atoms with van der Waals surface area (Å²) in [5.41, 5.74) is 1.32. The van der Waals surface area contributed by atoms with Crippen molar-refractivity contribution in [3.63, 3.8) is 0 Å². The maximum Gasteiger partial charge on any atom is 0.128 e. The Kier molecular flexibility index (Phi) is 3.59. The molecule has 1 aliphatic heterocycles. The lowest BCUT2D eigenvalue weighted by Gasteiger charge is -2.30. The minimum atomic E-state index is -0.712. The lowest BCUT2D eigenvalue weighted by molar-refractivity contribution is 0.0654. The molecule has 0 aliphatic carbocycles. The molecule has 3 rings (SSSR count). The number of ether oxygens (including phenoxy) is 1. The molecule has 2 aromatic rings. The summed E-state index contributed by atoms with van der Waals surface area (Å²) in [6, 6.07) is 9.20. The topological polar surface area (TPSA) is 29.5 Å². The molecule has 0 saturated carbocycles. The van der Waals surface area contributed by atoms with Crippen LogP contribution in [0.25, 0.3) is 0 Å². The Balaban J connectivity index is 1.98. The highest BCUT2D eigenvalue weighted by atomic mass is 35.5. The van der Waals surface area contributed by atoms with E-state index in [1.165, 1.54) is 18.2 Å². The molecule has 5 heteroatoms. The van der Waals surface area contributed by atoms with Gasteiger partial charge in [0.2, 0.25) is 0 Å². The van der Waals surface area contributed by atoms with Crippen molar-refractivity contribution in [2.45, 2.75) is 18.6 Å². The number of hydrogen-bond acceptors (Lipinski definition) is 2. The van der Waals surface area contributed by atoms with Crippen LogP contribution in [0.3, 0.4) is 0 Å². The van der Waals surface area contributed by atoms with E-state index in [0.717, 1.165) is 5.56 Å². The monoisotopic (exact) mass is 312 g/mol. The second-order valence-corrected chi connectivity index (χ2v) is 5.55. The molecule has 0 bridgehead atoms. The molecular weight excluding hydrogens is 302 g/mol. The van der Waals surface area contributed by atoms with Crippen molar-refractivity contribution >= 4 is 23.2 Å². The van der Waals surface area contributed by atoms with Crippen LogP contribution in [0.15, 0.2) is 36.4 Å². The highest BCUT2D eigenvalue weighted by molar-refractivity contribution is 6.35. The molecule has 1 unspecified atom stereocenters. The Labute approximate surface area is 125 Å². The van der Waals surface area contributed by atoms with E-state index in [1.807, 2.05) is 0 Å². The lowest BCUT2D eigenvalue weighted by Crippen LogP contribution is -2.19. The molecule has 2 nitrogen and oxygen atoms in total. The minimum absolute atomic E-state index is 0.347. The van der Waals surface area contributed by atoms with Crippen molar-refractivity contribution in [1.82, 2.24) is 0 Å². The van der Waals surface area contributed by atoms with Crippen LogP contribution in [0.4, 0.5) is 4.39 Å². The number of fused-ring (bicyclic) bond motifs is 1. The van der Waals surface area contributed by atoms with E-state index in [0.29, 0.717) is 27.8 Å². The van der Waals surface area contributed by atoms with Gasteiger partial charge in [-0.3, -0.25) is 0 Å². The van der Waals surface area contributed by atoms with Gasteiger partial charge in [0.15, 0.2) is 0 Å². The van der Waals surface area contributed by atoms with Gasteiger partial charge in [-0.05, 0) is 24.3 Å². The normalized spacial score (nSPS) is 21.2. The maximum atomic E-state index is 13.3. The Morgan fingerprint density at radius 3 is 2.60 bits per heavy atom. The quantitative estimate of drug-likeness (QED) is 0.827. The first-order valence-corrected chi connectivity index (χ1v) is 6.89. The zero-order valence-electron chi connectivity index (χ0n) is 10.3. The molecule has 2 atom stereocenters. The average Bonchev–Trinajstić information content (AvgIpc) is 2.37. The largest absolute Gasteiger partial charge is 0.485 e. The Hall–Kier alpha value is -1.29. The van der Waals surface area contributed by atoms with Crippen LogP contribution in [-0.2, 0) is 0 Å². The average molecular weight is 313 g/mol. The van der Waals surface area contributed by atoms with Gasteiger partial charge in [0.05, 0.1) is 6.10 Å². The van der Waals surface area contributed by atoms with Crippen LogP contribution in [0.2, 0.25) is 10.0 Å². The molecule has 0 spiro atoms. The molecule has 20 heavy (non-hydrogen) atoms. The highest BCUT2D eigenvalue weighted by Crippen LogP contribution is 2.42. The molecule has 0 aromatic heterocycles. The first kappa shape index (κ1) is 13.7. The smallest absolute Gasteiger partial charge is 0.128 e. The van der Waals surface area contributed by atoms with Gasteiger partial charge < -0.3 is 9.84 Å². The SMILES string of the molecule is O[C@@H]1CC(c2ccc(Cl)cc2Cl)Oc2cc(F)ccc21. The molecule has 1 heterocycles. The van der Waals surface area contributed by atoms with Gasteiger partial charge in [-0.15, -0.1) is 0 Å². The van der Waals surface area contributed by atoms with E-state index in [1.54, 1.807) is 18.2 Å². The molecule has 2 aromatic carbocycles. The molecule has 0 saturated heterocycles. The molecule has 0 radical (unpaired) electrons. The Bertz CT molecular complexity index is 660. The van der Waals surface area contributed by atoms with Crippen LogP contribution < -0.4 is 4.74 Å².